The summed E-state index contributed by atoms with van der Waals surface area (Å²) in [4.78, 5) is 20.8. The molecule has 0 atom stereocenters. The van der Waals surface area contributed by atoms with Crippen LogP contribution in [0.4, 0.5) is 0 Å². The minimum Gasteiger partial charge on any atom is -0.504 e. The molecule has 0 unspecified atom stereocenters. The van der Waals surface area contributed by atoms with Crippen LogP contribution >= 0.6 is 0 Å². The van der Waals surface area contributed by atoms with E-state index >= 15 is 0 Å². The number of hydrogen-bond donors (Lipinski definition) is 1. The molecule has 0 amide bonds. The number of phenols is 1. The smallest absolute Gasteiger partial charge is 0.308 e. The lowest BCUT2D eigenvalue weighted by atomic mass is 10.2. The van der Waals surface area contributed by atoms with Crippen LogP contribution in [-0.4, -0.2) is 37.7 Å². The van der Waals surface area contributed by atoms with Gasteiger partial charge >= 0.3 is 5.97 Å². The van der Waals surface area contributed by atoms with Crippen molar-refractivity contribution < 1.29 is 28.9 Å². The highest BCUT2D eigenvalue weighted by Gasteiger charge is 2.30. The fraction of sp³-hybridized carbons (Fsp3) is 0.429. The molecule has 3 rings (SSSR count). The summed E-state index contributed by atoms with van der Waals surface area (Å²) < 4.78 is 14.8. The maximum absolute atomic E-state index is 10.4. The van der Waals surface area contributed by atoms with Gasteiger partial charge in [0.15, 0.2) is 11.5 Å². The number of methoxy groups -OCH3 is 1. The number of benzene rings is 1. The highest BCUT2D eigenvalue weighted by atomic mass is 16.6. The van der Waals surface area contributed by atoms with Crippen LogP contribution < -0.4 is 9.47 Å². The molecule has 6 nitrogen and oxygen atoms in total. The molecule has 0 spiro atoms. The van der Waals surface area contributed by atoms with Crippen molar-refractivity contribution in [3.05, 3.63) is 17.7 Å². The van der Waals surface area contributed by atoms with E-state index in [1.54, 1.807) is 6.07 Å². The third-order valence-electron chi connectivity index (χ3n) is 2.89. The standard InChI is InChI=1S/C9H8O4.C5H8O2/c10-5-6-3-7(11)9-8(4-6)12-1-2-13-9;1-7-5(6)4-2-3-4/h3-5,11H,1-2H2;4H,2-3H2,1H3. The number of carbonyl (C=O) groups excluding carboxylic acids is 2. The Morgan fingerprint density at radius 1 is 1.35 bits per heavy atom. The summed E-state index contributed by atoms with van der Waals surface area (Å²) in [6, 6.07) is 2.89. The lowest BCUT2D eigenvalue weighted by Gasteiger charge is -2.19. The maximum Gasteiger partial charge on any atom is 0.308 e. The van der Waals surface area contributed by atoms with Crippen molar-refractivity contribution in [3.63, 3.8) is 0 Å². The average molecular weight is 280 g/mol. The number of aromatic hydroxyl groups is 1. The molecule has 2 aliphatic rings. The molecule has 6 heteroatoms. The normalized spacial score (nSPS) is 15.7. The molecule has 1 saturated carbocycles. The van der Waals surface area contributed by atoms with Crippen LogP contribution in [0.1, 0.15) is 23.2 Å². The number of carbonyl (C=O) groups is 2. The van der Waals surface area contributed by atoms with Crippen LogP contribution in [0.3, 0.4) is 0 Å². The van der Waals surface area contributed by atoms with Crippen molar-refractivity contribution in [1.82, 2.24) is 0 Å². The molecule has 1 aliphatic carbocycles. The van der Waals surface area contributed by atoms with E-state index in [1.807, 2.05) is 0 Å². The van der Waals surface area contributed by atoms with Crippen molar-refractivity contribution in [2.24, 2.45) is 5.92 Å². The lowest BCUT2D eigenvalue weighted by Crippen LogP contribution is -2.15. The molecule has 1 fully saturated rings. The molecule has 1 heterocycles. The average Bonchev–Trinajstić information content (AvgIpc) is 3.31. The molecule has 1 N–H and O–H groups in total. The van der Waals surface area contributed by atoms with Crippen molar-refractivity contribution in [3.8, 4) is 17.2 Å². The van der Waals surface area contributed by atoms with Crippen LogP contribution in [0.15, 0.2) is 12.1 Å². The molecule has 0 aromatic heterocycles. The molecule has 1 aromatic rings. The van der Waals surface area contributed by atoms with Gasteiger partial charge < -0.3 is 19.3 Å². The first-order valence-corrected chi connectivity index (χ1v) is 6.31. The van der Waals surface area contributed by atoms with E-state index in [9.17, 15) is 14.7 Å². The Labute approximate surface area is 116 Å². The summed E-state index contributed by atoms with van der Waals surface area (Å²) in [5.41, 5.74) is 0.377. The van der Waals surface area contributed by atoms with Gasteiger partial charge in [-0.3, -0.25) is 9.59 Å². The monoisotopic (exact) mass is 280 g/mol. The second-order valence-electron chi connectivity index (χ2n) is 4.48. The van der Waals surface area contributed by atoms with Crippen LogP contribution in [0.2, 0.25) is 0 Å². The van der Waals surface area contributed by atoms with Gasteiger partial charge in [0.05, 0.1) is 13.0 Å². The number of esters is 1. The Bertz CT molecular complexity index is 507. The third kappa shape index (κ3) is 3.40. The first-order chi connectivity index (χ1) is 9.65. The molecular formula is C14H16O6. The minimum atomic E-state index is -0.0562. The molecule has 108 valence electrons. The first-order valence-electron chi connectivity index (χ1n) is 6.31. The molecule has 1 aromatic carbocycles. The molecule has 0 bridgehead atoms. The van der Waals surface area contributed by atoms with Gasteiger partial charge in [-0.15, -0.1) is 0 Å². The van der Waals surface area contributed by atoms with Crippen LogP contribution in [-0.2, 0) is 9.53 Å². The number of hydrogen-bond acceptors (Lipinski definition) is 6. The van der Waals surface area contributed by atoms with Gasteiger partial charge in [-0.25, -0.2) is 0 Å². The summed E-state index contributed by atoms with van der Waals surface area (Å²) in [5.74, 6) is 0.898. The van der Waals surface area contributed by atoms with Gasteiger partial charge in [0.25, 0.3) is 0 Å². The first kappa shape index (κ1) is 14.2. The predicted octanol–water partition coefficient (Wildman–Crippen LogP) is 1.55. The van der Waals surface area contributed by atoms with Crippen molar-refractivity contribution in [1.29, 1.82) is 0 Å². The van der Waals surface area contributed by atoms with Crippen molar-refractivity contribution >= 4 is 12.3 Å². The zero-order valence-corrected chi connectivity index (χ0v) is 11.1. The Morgan fingerprint density at radius 2 is 2.05 bits per heavy atom. The maximum atomic E-state index is 10.4. The lowest BCUT2D eigenvalue weighted by molar-refractivity contribution is -0.142. The Kier molecular flexibility index (Phi) is 4.45. The van der Waals surface area contributed by atoms with E-state index in [1.165, 1.54) is 13.2 Å². The molecule has 0 radical (unpaired) electrons. The summed E-state index contributed by atoms with van der Waals surface area (Å²) in [7, 11) is 1.43. The number of fused-ring (bicyclic) bond motifs is 1. The molecule has 1 aliphatic heterocycles. The minimum absolute atomic E-state index is 0.0417. The third-order valence-corrected chi connectivity index (χ3v) is 2.89. The van der Waals surface area contributed by atoms with Gasteiger partial charge in [0.1, 0.15) is 19.5 Å². The van der Waals surface area contributed by atoms with Gasteiger partial charge in [-0.1, -0.05) is 0 Å². The zero-order chi connectivity index (χ0) is 14.5. The van der Waals surface area contributed by atoms with Gasteiger partial charge in [-0.05, 0) is 25.0 Å². The SMILES string of the molecule is COC(=O)C1CC1.O=Cc1cc(O)c2c(c1)OCCO2. The number of phenolic OH excluding ortho intramolecular Hbond substituents is 1. The number of ether oxygens (including phenoxy) is 3. The molecule has 0 saturated heterocycles. The van der Waals surface area contributed by atoms with Crippen molar-refractivity contribution in [2.75, 3.05) is 20.3 Å². The van der Waals surface area contributed by atoms with Gasteiger partial charge in [-0.2, -0.15) is 0 Å². The van der Waals surface area contributed by atoms with Crippen LogP contribution in [0.5, 0.6) is 17.2 Å². The molecular weight excluding hydrogens is 264 g/mol. The second-order valence-corrected chi connectivity index (χ2v) is 4.48. The summed E-state index contributed by atoms with van der Waals surface area (Å²) >= 11 is 0. The van der Waals surface area contributed by atoms with E-state index in [4.69, 9.17) is 9.47 Å². The summed E-state index contributed by atoms with van der Waals surface area (Å²) in [6.45, 7) is 0.857. The highest BCUT2D eigenvalue weighted by molar-refractivity contribution is 5.78. The topological polar surface area (TPSA) is 82.1 Å². The Morgan fingerprint density at radius 3 is 2.60 bits per heavy atom. The fourth-order valence-electron chi connectivity index (χ4n) is 1.71. The predicted molar refractivity (Wildman–Crippen MR) is 69.2 cm³/mol. The second kappa shape index (κ2) is 6.27. The van der Waals surface area contributed by atoms with E-state index in [2.05, 4.69) is 4.74 Å². The van der Waals surface area contributed by atoms with E-state index < -0.39 is 0 Å². The summed E-state index contributed by atoms with van der Waals surface area (Å²) in [6.07, 6.45) is 2.72. The van der Waals surface area contributed by atoms with Crippen LogP contribution in [0.25, 0.3) is 0 Å². The van der Waals surface area contributed by atoms with E-state index in [0.29, 0.717) is 36.6 Å². The Hall–Kier alpha value is -2.24. The Balaban J connectivity index is 0.000000178. The zero-order valence-electron chi connectivity index (χ0n) is 11.1. The van der Waals surface area contributed by atoms with Gasteiger partial charge in [0.2, 0.25) is 5.75 Å². The van der Waals surface area contributed by atoms with Gasteiger partial charge in [0, 0.05) is 5.56 Å². The largest absolute Gasteiger partial charge is 0.504 e. The van der Waals surface area contributed by atoms with Crippen LogP contribution in [0, 0.1) is 5.92 Å². The molecule has 20 heavy (non-hydrogen) atoms. The summed E-state index contributed by atoms with van der Waals surface area (Å²) in [5, 5.41) is 9.40. The fourth-order valence-corrected chi connectivity index (χ4v) is 1.71. The van der Waals surface area contributed by atoms with E-state index in [0.717, 1.165) is 12.8 Å². The van der Waals surface area contributed by atoms with E-state index in [-0.39, 0.29) is 17.6 Å². The highest BCUT2D eigenvalue weighted by Crippen LogP contribution is 2.39. The number of aldehydes is 1. The van der Waals surface area contributed by atoms with Crippen molar-refractivity contribution in [2.45, 2.75) is 12.8 Å². The quantitative estimate of drug-likeness (QED) is 0.653. The number of rotatable bonds is 2.